The molecule has 0 unspecified atom stereocenters. The summed E-state index contributed by atoms with van der Waals surface area (Å²) in [5, 5.41) is 8.75. The lowest BCUT2D eigenvalue weighted by molar-refractivity contribution is -0.126. The maximum Gasteiger partial charge on any atom is 0.246 e. The molecule has 2 aromatic rings. The van der Waals surface area contributed by atoms with E-state index in [4.69, 9.17) is 5.11 Å². The maximum absolute atomic E-state index is 12.5. The Kier molecular flexibility index (Phi) is 7.32. The Labute approximate surface area is 178 Å². The minimum absolute atomic E-state index is 0.0429. The molecule has 1 saturated heterocycles. The molecule has 0 bridgehead atoms. The van der Waals surface area contributed by atoms with Crippen LogP contribution in [0.25, 0.3) is 12.2 Å². The molecule has 0 spiro atoms. The van der Waals surface area contributed by atoms with Crippen LogP contribution in [0.5, 0.6) is 0 Å². The highest BCUT2D eigenvalue weighted by Crippen LogP contribution is 2.20. The Morgan fingerprint density at radius 1 is 0.966 bits per heavy atom. The van der Waals surface area contributed by atoms with E-state index in [0.29, 0.717) is 24.5 Å². The third kappa shape index (κ3) is 6.10. The Hall–Kier alpha value is -2.77. The van der Waals surface area contributed by atoms with Gasteiger partial charge < -0.3 is 14.9 Å². The Morgan fingerprint density at radius 2 is 1.59 bits per heavy atom. The van der Waals surface area contributed by atoms with Gasteiger partial charge in [-0.05, 0) is 54.6 Å². The zero-order valence-electron chi connectivity index (χ0n) is 15.9. The Bertz CT molecular complexity index is 917. The fourth-order valence-corrected chi connectivity index (χ4v) is 3.25. The summed E-state index contributed by atoms with van der Waals surface area (Å²) < 4.78 is 1.05. The molecule has 2 heterocycles. The van der Waals surface area contributed by atoms with Crippen molar-refractivity contribution < 1.29 is 14.7 Å². The van der Waals surface area contributed by atoms with E-state index in [1.807, 2.05) is 17.0 Å². The molecule has 0 radical (unpaired) electrons. The molecule has 1 aromatic carbocycles. The van der Waals surface area contributed by atoms with Gasteiger partial charge in [0.1, 0.15) is 6.61 Å². The van der Waals surface area contributed by atoms with Crippen LogP contribution in [-0.4, -0.2) is 59.5 Å². The Balaban J connectivity index is 1.55. The molecule has 7 heteroatoms. The molecule has 1 aliphatic rings. The van der Waals surface area contributed by atoms with Gasteiger partial charge in [-0.3, -0.25) is 9.59 Å². The molecular weight excluding hydrogens is 434 g/mol. The monoisotopic (exact) mass is 455 g/mol. The van der Waals surface area contributed by atoms with Crippen molar-refractivity contribution in [1.29, 1.82) is 0 Å². The summed E-state index contributed by atoms with van der Waals surface area (Å²) in [6.07, 6.45) is 6.03. The van der Waals surface area contributed by atoms with Crippen LogP contribution >= 0.6 is 15.9 Å². The number of carbonyl (C=O) groups is 2. The molecule has 1 N–H and O–H groups in total. The summed E-state index contributed by atoms with van der Waals surface area (Å²) in [5.41, 5.74) is 2.37. The highest BCUT2D eigenvalue weighted by molar-refractivity contribution is 9.10. The number of aliphatic hydroxyl groups excluding tert-OH is 1. The minimum atomic E-state index is -0.528. The van der Waals surface area contributed by atoms with Gasteiger partial charge in [0, 0.05) is 42.4 Å². The summed E-state index contributed by atoms with van der Waals surface area (Å²) in [6.45, 7) is 2.38. The van der Waals surface area contributed by atoms with Gasteiger partial charge in [-0.2, -0.15) is 0 Å². The second-order valence-electron chi connectivity index (χ2n) is 6.57. The van der Waals surface area contributed by atoms with Gasteiger partial charge in [0.2, 0.25) is 5.91 Å². The maximum atomic E-state index is 12.5. The number of aliphatic hydroxyl groups is 1. The molecule has 1 aromatic heterocycles. The van der Waals surface area contributed by atoms with E-state index in [0.717, 1.165) is 23.2 Å². The van der Waals surface area contributed by atoms with E-state index >= 15 is 0 Å². The summed E-state index contributed by atoms with van der Waals surface area (Å²) in [6, 6.07) is 13.5. The summed E-state index contributed by atoms with van der Waals surface area (Å²) in [7, 11) is 0. The van der Waals surface area contributed by atoms with Gasteiger partial charge in [0.15, 0.2) is 5.78 Å². The van der Waals surface area contributed by atoms with Crippen LogP contribution < -0.4 is 4.90 Å². The number of piperazine rings is 1. The average Bonchev–Trinajstić information content (AvgIpc) is 2.76. The van der Waals surface area contributed by atoms with E-state index in [2.05, 4.69) is 37.9 Å². The van der Waals surface area contributed by atoms with E-state index in [1.54, 1.807) is 30.4 Å². The van der Waals surface area contributed by atoms with E-state index < -0.39 is 6.61 Å². The molecule has 1 aliphatic heterocycles. The van der Waals surface area contributed by atoms with E-state index in [-0.39, 0.29) is 11.7 Å². The third-order valence-electron chi connectivity index (χ3n) is 4.57. The number of anilines is 1. The first-order valence-corrected chi connectivity index (χ1v) is 10.1. The molecule has 3 rings (SSSR count). The molecule has 0 saturated carbocycles. The molecule has 0 aliphatic carbocycles. The van der Waals surface area contributed by atoms with Gasteiger partial charge in [0.25, 0.3) is 0 Å². The van der Waals surface area contributed by atoms with Crippen LogP contribution in [-0.2, 0) is 9.59 Å². The molecule has 1 amide bonds. The van der Waals surface area contributed by atoms with Gasteiger partial charge >= 0.3 is 0 Å². The third-order valence-corrected chi connectivity index (χ3v) is 5.10. The summed E-state index contributed by atoms with van der Waals surface area (Å²) >= 11 is 3.44. The second kappa shape index (κ2) is 10.1. The molecule has 6 nitrogen and oxygen atoms in total. The van der Waals surface area contributed by atoms with E-state index in [9.17, 15) is 9.59 Å². The van der Waals surface area contributed by atoms with Crippen molar-refractivity contribution >= 4 is 45.5 Å². The average molecular weight is 456 g/mol. The van der Waals surface area contributed by atoms with Gasteiger partial charge in [-0.1, -0.05) is 22.0 Å². The lowest BCUT2D eigenvalue weighted by Gasteiger charge is -2.35. The zero-order chi connectivity index (χ0) is 20.6. The molecule has 150 valence electrons. The molecule has 29 heavy (non-hydrogen) atoms. The quantitative estimate of drug-likeness (QED) is 0.677. The standard InChI is InChI=1S/C22H22BrN3O3/c23-17-4-8-20(9-5-17)25-12-14-26(15-13-25)22(29)11-7-19-3-1-2-18(24-19)6-10-21(28)16-27/h1-11,27H,12-16H2/b10-6+,11-7+. The van der Waals surface area contributed by atoms with E-state index in [1.165, 1.54) is 12.2 Å². The number of carbonyl (C=O) groups excluding carboxylic acids is 2. The Morgan fingerprint density at radius 3 is 2.21 bits per heavy atom. The number of hydrogen-bond donors (Lipinski definition) is 1. The van der Waals surface area contributed by atoms with Crippen LogP contribution in [0.2, 0.25) is 0 Å². The largest absolute Gasteiger partial charge is 0.388 e. The van der Waals surface area contributed by atoms with Gasteiger partial charge in [-0.15, -0.1) is 0 Å². The van der Waals surface area contributed by atoms with Crippen molar-refractivity contribution in [3.63, 3.8) is 0 Å². The van der Waals surface area contributed by atoms with Crippen LogP contribution in [0, 0.1) is 0 Å². The van der Waals surface area contributed by atoms with Crippen molar-refractivity contribution in [2.75, 3.05) is 37.7 Å². The number of ketones is 1. The predicted octanol–water partition coefficient (Wildman–Crippen LogP) is 2.78. The highest BCUT2D eigenvalue weighted by atomic mass is 79.9. The number of hydrogen-bond acceptors (Lipinski definition) is 5. The van der Waals surface area contributed by atoms with Crippen LogP contribution in [0.1, 0.15) is 11.4 Å². The second-order valence-corrected chi connectivity index (χ2v) is 7.48. The number of nitrogens with zero attached hydrogens (tertiary/aromatic N) is 3. The highest BCUT2D eigenvalue weighted by Gasteiger charge is 2.19. The number of pyridine rings is 1. The van der Waals surface area contributed by atoms with Crippen LogP contribution in [0.3, 0.4) is 0 Å². The number of amides is 1. The smallest absolute Gasteiger partial charge is 0.246 e. The summed E-state index contributed by atoms with van der Waals surface area (Å²) in [4.78, 5) is 32.1. The number of benzene rings is 1. The fourth-order valence-electron chi connectivity index (χ4n) is 2.98. The molecule has 1 fully saturated rings. The SMILES string of the molecule is O=C(/C=C/c1cccc(/C=C/C(=O)N2CCN(c3ccc(Br)cc3)CC2)n1)CO. The predicted molar refractivity (Wildman–Crippen MR) is 117 cm³/mol. The minimum Gasteiger partial charge on any atom is -0.388 e. The first kappa shape index (κ1) is 21.0. The lowest BCUT2D eigenvalue weighted by atomic mass is 10.2. The van der Waals surface area contributed by atoms with Crippen LogP contribution in [0.4, 0.5) is 5.69 Å². The molecule has 0 atom stereocenters. The number of aromatic nitrogens is 1. The van der Waals surface area contributed by atoms with Crippen molar-refractivity contribution in [3.8, 4) is 0 Å². The number of halogens is 1. The zero-order valence-corrected chi connectivity index (χ0v) is 17.5. The lowest BCUT2D eigenvalue weighted by Crippen LogP contribution is -2.48. The van der Waals surface area contributed by atoms with Crippen molar-refractivity contribution in [2.45, 2.75) is 0 Å². The van der Waals surface area contributed by atoms with Crippen molar-refractivity contribution in [1.82, 2.24) is 9.88 Å². The number of rotatable bonds is 6. The van der Waals surface area contributed by atoms with Gasteiger partial charge in [-0.25, -0.2) is 4.98 Å². The van der Waals surface area contributed by atoms with Gasteiger partial charge in [0.05, 0.1) is 11.4 Å². The molecular formula is C22H22BrN3O3. The first-order valence-electron chi connectivity index (χ1n) is 9.31. The normalized spacial score (nSPS) is 14.7. The van der Waals surface area contributed by atoms with Crippen LogP contribution in [0.15, 0.2) is 59.1 Å². The first-order chi connectivity index (χ1) is 14.0. The summed E-state index contributed by atoms with van der Waals surface area (Å²) in [5.74, 6) is -0.427. The fraction of sp³-hybridized carbons (Fsp3) is 0.227. The van der Waals surface area contributed by atoms with Crippen molar-refractivity contribution in [3.05, 3.63) is 70.5 Å². The van der Waals surface area contributed by atoms with Crippen molar-refractivity contribution in [2.24, 2.45) is 0 Å². The topological polar surface area (TPSA) is 73.7 Å².